The van der Waals surface area contributed by atoms with E-state index >= 15 is 0 Å². The Labute approximate surface area is 174 Å². The first-order valence-corrected chi connectivity index (χ1v) is 11.3. The molecule has 0 heterocycles. The molecule has 0 radical (unpaired) electrons. The lowest BCUT2D eigenvalue weighted by molar-refractivity contribution is -0.115. The molecule has 0 saturated carbocycles. The molecule has 1 N–H and O–H groups in total. The molecule has 6 heteroatoms. The van der Waals surface area contributed by atoms with E-state index < -0.39 is 21.0 Å². The van der Waals surface area contributed by atoms with Crippen molar-refractivity contribution in [1.29, 1.82) is 0 Å². The van der Waals surface area contributed by atoms with Crippen LogP contribution < -0.4 is 10.1 Å². The highest BCUT2D eigenvalue weighted by molar-refractivity contribution is 7.92. The van der Waals surface area contributed by atoms with Gasteiger partial charge in [-0.1, -0.05) is 32.9 Å². The zero-order chi connectivity index (χ0) is 22.0. The maximum absolute atomic E-state index is 12.9. The topological polar surface area (TPSA) is 72.5 Å². The third-order valence-corrected chi connectivity index (χ3v) is 7.16. The number of carbonyl (C=O) groups excluding carboxylic acids is 1. The van der Waals surface area contributed by atoms with Crippen molar-refractivity contribution in [2.45, 2.75) is 58.0 Å². The number of nitrogens with one attached hydrogen (secondary N) is 1. The molecule has 0 aliphatic carbocycles. The van der Waals surface area contributed by atoms with Crippen molar-refractivity contribution >= 4 is 21.4 Å². The number of hydrogen-bond acceptors (Lipinski definition) is 4. The lowest BCUT2D eigenvalue weighted by Gasteiger charge is -2.23. The Bertz CT molecular complexity index is 964. The third-order valence-electron chi connectivity index (χ3n) is 5.17. The van der Waals surface area contributed by atoms with Gasteiger partial charge in [-0.05, 0) is 72.7 Å². The standard InChI is InChI=1S/C23H31NO4S/c1-15-12-18(23(4,5)6)13-16(2)21(15)14-29(26,27)17(3)22(25)24-19-8-10-20(28-7)11-9-19/h8-13,17H,14H2,1-7H3,(H,24,25)/t17-/m1/s1. The number of carbonyl (C=O) groups is 1. The molecule has 0 saturated heterocycles. The van der Waals surface area contributed by atoms with Gasteiger partial charge in [-0.25, -0.2) is 8.42 Å². The van der Waals surface area contributed by atoms with Crippen molar-refractivity contribution in [2.75, 3.05) is 12.4 Å². The Morgan fingerprint density at radius 1 is 1.07 bits per heavy atom. The fraction of sp³-hybridized carbons (Fsp3) is 0.435. The van der Waals surface area contributed by atoms with Crippen molar-refractivity contribution in [3.63, 3.8) is 0 Å². The van der Waals surface area contributed by atoms with Gasteiger partial charge in [0, 0.05) is 5.69 Å². The highest BCUT2D eigenvalue weighted by Crippen LogP contribution is 2.28. The van der Waals surface area contributed by atoms with Crippen molar-refractivity contribution in [1.82, 2.24) is 0 Å². The average Bonchev–Trinajstić information content (AvgIpc) is 2.63. The van der Waals surface area contributed by atoms with Crippen LogP contribution in [0.5, 0.6) is 5.75 Å². The number of hydrogen-bond donors (Lipinski definition) is 1. The molecular formula is C23H31NO4S. The summed E-state index contributed by atoms with van der Waals surface area (Å²) in [4.78, 5) is 12.5. The molecule has 29 heavy (non-hydrogen) atoms. The summed E-state index contributed by atoms with van der Waals surface area (Å²) in [6.45, 7) is 11.7. The Kier molecular flexibility index (Phi) is 6.78. The molecule has 2 rings (SSSR count). The molecule has 0 fully saturated rings. The Hall–Kier alpha value is -2.34. The molecule has 1 amide bonds. The van der Waals surface area contributed by atoms with Gasteiger partial charge in [-0.2, -0.15) is 0 Å². The second-order valence-corrected chi connectivity index (χ2v) is 10.8. The fourth-order valence-corrected chi connectivity index (χ4v) is 4.55. The van der Waals surface area contributed by atoms with Crippen LogP contribution >= 0.6 is 0 Å². The largest absolute Gasteiger partial charge is 0.497 e. The highest BCUT2D eigenvalue weighted by atomic mass is 32.2. The van der Waals surface area contributed by atoms with Crippen LogP contribution in [0.1, 0.15) is 49.9 Å². The van der Waals surface area contributed by atoms with Crippen LogP contribution in [0, 0.1) is 13.8 Å². The Balaban J connectivity index is 2.20. The Morgan fingerprint density at radius 2 is 1.59 bits per heavy atom. The summed E-state index contributed by atoms with van der Waals surface area (Å²) < 4.78 is 31.0. The molecule has 5 nitrogen and oxygen atoms in total. The van der Waals surface area contributed by atoms with Crippen LogP contribution in [0.15, 0.2) is 36.4 Å². The van der Waals surface area contributed by atoms with Crippen LogP contribution in [-0.2, 0) is 25.8 Å². The summed E-state index contributed by atoms with van der Waals surface area (Å²) in [6.07, 6.45) is 0. The molecule has 2 aromatic carbocycles. The minimum absolute atomic E-state index is 0.0154. The number of methoxy groups -OCH3 is 1. The van der Waals surface area contributed by atoms with Gasteiger partial charge >= 0.3 is 0 Å². The number of sulfone groups is 1. The third kappa shape index (κ3) is 5.60. The number of amides is 1. The zero-order valence-corrected chi connectivity index (χ0v) is 19.1. The van der Waals surface area contributed by atoms with Crippen molar-refractivity contribution in [3.05, 3.63) is 58.7 Å². The number of rotatable bonds is 6. The first-order valence-electron chi connectivity index (χ1n) is 9.62. The molecular weight excluding hydrogens is 386 g/mol. The zero-order valence-electron chi connectivity index (χ0n) is 18.3. The first-order chi connectivity index (χ1) is 13.3. The molecule has 2 aromatic rings. The second-order valence-electron chi connectivity index (χ2n) is 8.51. The molecule has 0 aliphatic heterocycles. The van der Waals surface area contributed by atoms with Crippen molar-refractivity contribution in [2.24, 2.45) is 0 Å². The van der Waals surface area contributed by atoms with Gasteiger partial charge in [0.15, 0.2) is 9.84 Å². The summed E-state index contributed by atoms with van der Waals surface area (Å²) in [7, 11) is -2.12. The number of ether oxygens (including phenoxy) is 1. The summed E-state index contributed by atoms with van der Waals surface area (Å²) in [5, 5.41) is 1.51. The summed E-state index contributed by atoms with van der Waals surface area (Å²) in [6, 6.07) is 10.8. The van der Waals surface area contributed by atoms with E-state index in [-0.39, 0.29) is 11.2 Å². The Morgan fingerprint density at radius 3 is 2.03 bits per heavy atom. The molecule has 0 aromatic heterocycles. The highest BCUT2D eigenvalue weighted by Gasteiger charge is 2.29. The van der Waals surface area contributed by atoms with Gasteiger partial charge in [0.05, 0.1) is 12.9 Å². The molecule has 0 unspecified atom stereocenters. The van der Waals surface area contributed by atoms with E-state index in [1.54, 1.807) is 31.4 Å². The van der Waals surface area contributed by atoms with E-state index in [1.807, 2.05) is 26.0 Å². The van der Waals surface area contributed by atoms with Crippen LogP contribution in [0.3, 0.4) is 0 Å². The minimum atomic E-state index is -3.68. The predicted octanol–water partition coefficient (Wildman–Crippen LogP) is 4.55. The van der Waals surface area contributed by atoms with E-state index in [4.69, 9.17) is 4.74 Å². The summed E-state index contributed by atoms with van der Waals surface area (Å²) in [5.41, 5.74) is 4.31. The van der Waals surface area contributed by atoms with Crippen LogP contribution in [0.2, 0.25) is 0 Å². The quantitative estimate of drug-likeness (QED) is 0.748. The predicted molar refractivity (Wildman–Crippen MR) is 118 cm³/mol. The number of benzene rings is 2. The lowest BCUT2D eigenvalue weighted by atomic mass is 9.84. The number of anilines is 1. The van der Waals surface area contributed by atoms with Gasteiger partial charge in [-0.3, -0.25) is 4.79 Å². The van der Waals surface area contributed by atoms with Gasteiger partial charge in [0.25, 0.3) is 0 Å². The fourth-order valence-electron chi connectivity index (χ4n) is 3.06. The monoisotopic (exact) mass is 417 g/mol. The molecule has 0 spiro atoms. The number of aryl methyl sites for hydroxylation is 2. The van der Waals surface area contributed by atoms with E-state index in [9.17, 15) is 13.2 Å². The van der Waals surface area contributed by atoms with E-state index in [1.165, 1.54) is 12.5 Å². The van der Waals surface area contributed by atoms with Crippen LogP contribution in [0.4, 0.5) is 5.69 Å². The van der Waals surface area contributed by atoms with Crippen molar-refractivity contribution in [3.8, 4) is 5.75 Å². The van der Waals surface area contributed by atoms with Gasteiger partial charge in [0.2, 0.25) is 5.91 Å². The second kappa shape index (κ2) is 8.57. The van der Waals surface area contributed by atoms with Gasteiger partial charge < -0.3 is 10.1 Å². The van der Waals surface area contributed by atoms with E-state index in [2.05, 4.69) is 26.1 Å². The minimum Gasteiger partial charge on any atom is -0.497 e. The summed E-state index contributed by atoms with van der Waals surface area (Å²) >= 11 is 0. The van der Waals surface area contributed by atoms with E-state index in [0.29, 0.717) is 11.4 Å². The van der Waals surface area contributed by atoms with Crippen LogP contribution in [0.25, 0.3) is 0 Å². The molecule has 0 bridgehead atoms. The van der Waals surface area contributed by atoms with Crippen molar-refractivity contribution < 1.29 is 17.9 Å². The van der Waals surface area contributed by atoms with Crippen LogP contribution in [-0.4, -0.2) is 26.7 Å². The summed E-state index contributed by atoms with van der Waals surface area (Å²) in [5.74, 6) is -0.0446. The maximum Gasteiger partial charge on any atom is 0.242 e. The SMILES string of the molecule is COc1ccc(NC(=O)[C@@H](C)S(=O)(=O)Cc2c(C)cc(C(C)(C)C)cc2C)cc1. The van der Waals surface area contributed by atoms with E-state index in [0.717, 1.165) is 16.7 Å². The molecule has 1 atom stereocenters. The lowest BCUT2D eigenvalue weighted by Crippen LogP contribution is -2.33. The maximum atomic E-state index is 12.9. The molecule has 0 aliphatic rings. The normalized spacial score (nSPS) is 13.1. The first kappa shape index (κ1) is 22.9. The molecule has 158 valence electrons. The van der Waals surface area contributed by atoms with Gasteiger partial charge in [0.1, 0.15) is 11.0 Å². The smallest absolute Gasteiger partial charge is 0.242 e. The van der Waals surface area contributed by atoms with Gasteiger partial charge in [-0.15, -0.1) is 0 Å². The average molecular weight is 418 g/mol.